The second kappa shape index (κ2) is 8.01. The van der Waals surface area contributed by atoms with Gasteiger partial charge in [-0.05, 0) is 32.4 Å². The quantitative estimate of drug-likeness (QED) is 0.424. The molecular weight excluding hydrogens is 420 g/mol. The molecule has 11 heteroatoms. The molecule has 5 rings (SSSR count). The van der Waals surface area contributed by atoms with Crippen LogP contribution in [0.5, 0.6) is 5.75 Å². The molecular formula is C22H24N10O. The topological polar surface area (TPSA) is 113 Å². The predicted molar refractivity (Wildman–Crippen MR) is 123 cm³/mol. The van der Waals surface area contributed by atoms with Gasteiger partial charge in [0.25, 0.3) is 0 Å². The highest BCUT2D eigenvalue weighted by atomic mass is 16.5. The van der Waals surface area contributed by atoms with Gasteiger partial charge < -0.3 is 14.6 Å². The highest BCUT2D eigenvalue weighted by Crippen LogP contribution is 2.33. The van der Waals surface area contributed by atoms with Crippen LogP contribution in [-0.2, 0) is 7.05 Å². The van der Waals surface area contributed by atoms with Crippen molar-refractivity contribution < 1.29 is 4.74 Å². The molecule has 1 N–H and O–H groups in total. The van der Waals surface area contributed by atoms with E-state index in [0.717, 1.165) is 22.3 Å². The number of nitrogens with zero attached hydrogens (tertiary/aromatic N) is 9. The predicted octanol–water partition coefficient (Wildman–Crippen LogP) is 3.42. The summed E-state index contributed by atoms with van der Waals surface area (Å²) in [6.45, 7) is 6.23. The lowest BCUT2D eigenvalue weighted by Gasteiger charge is -2.12. The molecule has 5 heterocycles. The number of hydrogen-bond donors (Lipinski definition) is 1. The van der Waals surface area contributed by atoms with Crippen LogP contribution >= 0.6 is 0 Å². The fraction of sp³-hybridized carbons (Fsp3) is 0.273. The monoisotopic (exact) mass is 444 g/mol. The van der Waals surface area contributed by atoms with Gasteiger partial charge >= 0.3 is 0 Å². The number of fused-ring (bicyclic) bond motifs is 1. The number of ether oxygens (including phenoxy) is 1. The van der Waals surface area contributed by atoms with Gasteiger partial charge in [0.2, 0.25) is 5.82 Å². The van der Waals surface area contributed by atoms with Crippen molar-refractivity contribution in [2.45, 2.75) is 26.8 Å². The molecule has 11 nitrogen and oxygen atoms in total. The maximum absolute atomic E-state index is 5.41. The van der Waals surface area contributed by atoms with E-state index in [1.807, 2.05) is 52.4 Å². The van der Waals surface area contributed by atoms with Crippen LogP contribution in [0, 0.1) is 6.92 Å². The number of imidazole rings is 1. The zero-order valence-corrected chi connectivity index (χ0v) is 19.1. The van der Waals surface area contributed by atoms with Gasteiger partial charge in [0.1, 0.15) is 11.8 Å². The minimum atomic E-state index is 0.272. The van der Waals surface area contributed by atoms with Crippen molar-refractivity contribution in [1.29, 1.82) is 0 Å². The maximum atomic E-state index is 5.41. The number of hydrogen-bond acceptors (Lipinski definition) is 8. The fourth-order valence-corrected chi connectivity index (χ4v) is 3.69. The molecule has 0 aliphatic heterocycles. The molecule has 0 atom stereocenters. The molecule has 0 fully saturated rings. The van der Waals surface area contributed by atoms with Crippen molar-refractivity contribution in [2.75, 3.05) is 12.4 Å². The minimum Gasteiger partial charge on any atom is -0.491 e. The van der Waals surface area contributed by atoms with Gasteiger partial charge in [-0.1, -0.05) is 0 Å². The van der Waals surface area contributed by atoms with Crippen LogP contribution in [0.25, 0.3) is 28.4 Å². The Hall–Kier alpha value is -4.28. The summed E-state index contributed by atoms with van der Waals surface area (Å²) in [5.41, 5.74) is 3.64. The summed E-state index contributed by atoms with van der Waals surface area (Å²) in [5.74, 6) is 2.71. The molecule has 0 aliphatic carbocycles. The summed E-state index contributed by atoms with van der Waals surface area (Å²) in [5, 5.41) is 12.8. The lowest BCUT2D eigenvalue weighted by molar-refractivity contribution is 0.413. The molecule has 5 aromatic rings. The molecule has 5 aromatic heterocycles. The summed E-state index contributed by atoms with van der Waals surface area (Å²) in [4.78, 5) is 17.6. The number of nitrogens with one attached hydrogen (secondary N) is 1. The first kappa shape index (κ1) is 20.6. The SMILES string of the molecule is COc1cncnc1Nc1nc(-c2nccn2C)nn2cc(-c3ccn(C(C)C)n3)c(C)c12. The molecule has 0 aliphatic rings. The molecule has 0 radical (unpaired) electrons. The van der Waals surface area contributed by atoms with Crippen LogP contribution in [-0.4, -0.2) is 51.0 Å². The number of aromatic nitrogens is 9. The standard InChI is InChI=1S/C22H24N10O/c1-13(2)31-8-6-16(28-31)15-11-32-18(14(15)3)20(26-19-17(33-5)10-23-12-25-19)27-21(29-32)22-24-7-9-30(22)4/h6-13H,1-5H3,(H,23,25,26,27,29). The Kier molecular flexibility index (Phi) is 5.00. The number of rotatable bonds is 6. The number of aryl methyl sites for hydroxylation is 2. The van der Waals surface area contributed by atoms with Crippen molar-refractivity contribution >= 4 is 17.2 Å². The van der Waals surface area contributed by atoms with E-state index in [-0.39, 0.29) is 6.04 Å². The fourth-order valence-electron chi connectivity index (χ4n) is 3.69. The molecule has 0 bridgehead atoms. The van der Waals surface area contributed by atoms with E-state index in [4.69, 9.17) is 19.9 Å². The van der Waals surface area contributed by atoms with Crippen LogP contribution in [0.15, 0.2) is 43.4 Å². The van der Waals surface area contributed by atoms with Crippen molar-refractivity contribution in [3.8, 4) is 28.7 Å². The van der Waals surface area contributed by atoms with Crippen molar-refractivity contribution in [3.05, 3.63) is 48.9 Å². The van der Waals surface area contributed by atoms with E-state index in [9.17, 15) is 0 Å². The Bertz CT molecular complexity index is 1440. The van der Waals surface area contributed by atoms with Crippen molar-refractivity contribution in [3.63, 3.8) is 0 Å². The molecule has 33 heavy (non-hydrogen) atoms. The van der Waals surface area contributed by atoms with E-state index in [1.165, 1.54) is 6.33 Å². The Labute approximate surface area is 190 Å². The Morgan fingerprint density at radius 3 is 2.64 bits per heavy atom. The van der Waals surface area contributed by atoms with E-state index in [2.05, 4.69) is 34.1 Å². The number of methoxy groups -OCH3 is 1. The van der Waals surface area contributed by atoms with Gasteiger partial charge in [0, 0.05) is 43.4 Å². The Morgan fingerprint density at radius 2 is 1.94 bits per heavy atom. The van der Waals surface area contributed by atoms with Gasteiger partial charge in [-0.3, -0.25) is 4.68 Å². The summed E-state index contributed by atoms with van der Waals surface area (Å²) in [6.07, 6.45) is 10.6. The van der Waals surface area contributed by atoms with Crippen LogP contribution in [0.2, 0.25) is 0 Å². The summed E-state index contributed by atoms with van der Waals surface area (Å²) in [6, 6.07) is 2.28. The van der Waals surface area contributed by atoms with Crippen LogP contribution in [0.4, 0.5) is 11.6 Å². The molecule has 0 unspecified atom stereocenters. The normalized spacial score (nSPS) is 11.5. The van der Waals surface area contributed by atoms with Gasteiger partial charge in [0.05, 0.1) is 19.0 Å². The Balaban J connectivity index is 1.72. The zero-order chi connectivity index (χ0) is 23.1. The highest BCUT2D eigenvalue weighted by molar-refractivity contribution is 5.84. The zero-order valence-electron chi connectivity index (χ0n) is 19.1. The molecule has 0 aromatic carbocycles. The third-order valence-electron chi connectivity index (χ3n) is 5.45. The molecule has 0 amide bonds. The minimum absolute atomic E-state index is 0.272. The second-order valence-electron chi connectivity index (χ2n) is 7.95. The molecule has 0 saturated heterocycles. The molecule has 0 saturated carbocycles. The highest BCUT2D eigenvalue weighted by Gasteiger charge is 2.20. The summed E-state index contributed by atoms with van der Waals surface area (Å²) in [7, 11) is 3.48. The van der Waals surface area contributed by atoms with E-state index in [1.54, 1.807) is 19.5 Å². The maximum Gasteiger partial charge on any atom is 0.218 e. The molecule has 168 valence electrons. The van der Waals surface area contributed by atoms with Gasteiger partial charge in [-0.25, -0.2) is 24.5 Å². The van der Waals surface area contributed by atoms with E-state index >= 15 is 0 Å². The summed E-state index contributed by atoms with van der Waals surface area (Å²) < 4.78 is 11.0. The average molecular weight is 445 g/mol. The van der Waals surface area contributed by atoms with Crippen molar-refractivity contribution in [2.24, 2.45) is 7.05 Å². The first-order chi connectivity index (χ1) is 16.0. The first-order valence-corrected chi connectivity index (χ1v) is 10.5. The third-order valence-corrected chi connectivity index (χ3v) is 5.45. The van der Waals surface area contributed by atoms with Gasteiger partial charge in [-0.2, -0.15) is 5.10 Å². The van der Waals surface area contributed by atoms with Crippen molar-refractivity contribution in [1.82, 2.24) is 43.9 Å². The van der Waals surface area contributed by atoms with Crippen LogP contribution in [0.1, 0.15) is 25.5 Å². The molecule has 0 spiro atoms. The third kappa shape index (κ3) is 3.56. The summed E-state index contributed by atoms with van der Waals surface area (Å²) >= 11 is 0. The van der Waals surface area contributed by atoms with Gasteiger partial charge in [-0.15, -0.1) is 5.10 Å². The van der Waals surface area contributed by atoms with Gasteiger partial charge in [0.15, 0.2) is 23.2 Å². The first-order valence-electron chi connectivity index (χ1n) is 10.5. The second-order valence-corrected chi connectivity index (χ2v) is 7.95. The van der Waals surface area contributed by atoms with E-state index in [0.29, 0.717) is 29.0 Å². The lowest BCUT2D eigenvalue weighted by Crippen LogP contribution is -2.07. The van der Waals surface area contributed by atoms with Crippen LogP contribution in [0.3, 0.4) is 0 Å². The Morgan fingerprint density at radius 1 is 1.09 bits per heavy atom. The van der Waals surface area contributed by atoms with E-state index < -0.39 is 0 Å². The largest absolute Gasteiger partial charge is 0.491 e. The lowest BCUT2D eigenvalue weighted by atomic mass is 10.1. The number of anilines is 2. The smallest absolute Gasteiger partial charge is 0.218 e. The van der Waals surface area contributed by atoms with Crippen LogP contribution < -0.4 is 10.1 Å². The average Bonchev–Trinajstić information content (AvgIpc) is 3.53.